The molecule has 0 aromatic heterocycles. The van der Waals surface area contributed by atoms with Crippen molar-refractivity contribution in [1.29, 1.82) is 0 Å². The average Bonchev–Trinajstić information content (AvgIpc) is 3.15. The first-order chi connectivity index (χ1) is 14.0. The monoisotopic (exact) mass is 395 g/mol. The normalized spacial score (nSPS) is 17.7. The number of likely N-dealkylation sites (N-methyl/N-ethyl adjacent to an activating group) is 1. The molecule has 1 saturated heterocycles. The number of amides is 2. The first kappa shape index (κ1) is 21.0. The fourth-order valence-corrected chi connectivity index (χ4v) is 3.76. The van der Waals surface area contributed by atoms with Crippen LogP contribution >= 0.6 is 0 Å². The fourth-order valence-electron chi connectivity index (χ4n) is 3.76. The van der Waals surface area contributed by atoms with Crippen LogP contribution in [0.25, 0.3) is 0 Å². The Labute approximate surface area is 172 Å². The van der Waals surface area contributed by atoms with Gasteiger partial charge in [-0.15, -0.1) is 0 Å². The lowest BCUT2D eigenvalue weighted by atomic mass is 10.0. The van der Waals surface area contributed by atoms with E-state index in [0.717, 1.165) is 18.5 Å². The van der Waals surface area contributed by atoms with Gasteiger partial charge >= 0.3 is 0 Å². The molecule has 1 fully saturated rings. The van der Waals surface area contributed by atoms with Gasteiger partial charge in [0.1, 0.15) is 6.54 Å². The topological polar surface area (TPSA) is 64.1 Å². The van der Waals surface area contributed by atoms with Crippen LogP contribution in [-0.2, 0) is 9.59 Å². The number of aliphatic hydroxyl groups excluding tert-OH is 1. The molecular formula is C23H29N3O3. The molecule has 0 unspecified atom stereocenters. The number of aliphatic hydroxyl groups is 1. The number of benzene rings is 2. The Morgan fingerprint density at radius 2 is 1.72 bits per heavy atom. The van der Waals surface area contributed by atoms with Crippen molar-refractivity contribution in [3.8, 4) is 0 Å². The van der Waals surface area contributed by atoms with Crippen molar-refractivity contribution in [2.75, 3.05) is 38.1 Å². The molecule has 1 N–H and O–H groups in total. The van der Waals surface area contributed by atoms with E-state index in [4.69, 9.17) is 0 Å². The third kappa shape index (κ3) is 5.43. The smallest absolute Gasteiger partial charge is 0.242 e. The van der Waals surface area contributed by atoms with Gasteiger partial charge in [0.05, 0.1) is 12.1 Å². The molecule has 0 saturated carbocycles. The van der Waals surface area contributed by atoms with Crippen LogP contribution in [0, 0.1) is 0 Å². The van der Waals surface area contributed by atoms with Crippen molar-refractivity contribution in [3.05, 3.63) is 66.2 Å². The van der Waals surface area contributed by atoms with E-state index in [2.05, 4.69) is 4.90 Å². The zero-order valence-corrected chi connectivity index (χ0v) is 17.1. The van der Waals surface area contributed by atoms with Gasteiger partial charge in [0.2, 0.25) is 11.8 Å². The van der Waals surface area contributed by atoms with Crippen molar-refractivity contribution in [2.45, 2.75) is 25.5 Å². The van der Waals surface area contributed by atoms with Crippen LogP contribution in [0.1, 0.15) is 24.9 Å². The van der Waals surface area contributed by atoms with E-state index in [1.807, 2.05) is 60.7 Å². The average molecular weight is 396 g/mol. The third-order valence-corrected chi connectivity index (χ3v) is 5.47. The number of para-hydroxylation sites is 1. The molecular weight excluding hydrogens is 366 g/mol. The summed E-state index contributed by atoms with van der Waals surface area (Å²) in [6.07, 6.45) is 0.449. The Morgan fingerprint density at radius 3 is 2.28 bits per heavy atom. The third-order valence-electron chi connectivity index (χ3n) is 5.47. The van der Waals surface area contributed by atoms with E-state index in [1.165, 1.54) is 11.8 Å². The van der Waals surface area contributed by atoms with E-state index in [0.29, 0.717) is 18.8 Å². The van der Waals surface area contributed by atoms with Gasteiger partial charge in [0, 0.05) is 39.3 Å². The molecule has 0 spiro atoms. The molecule has 0 radical (unpaired) electrons. The van der Waals surface area contributed by atoms with Crippen molar-refractivity contribution in [2.24, 2.45) is 0 Å². The number of nitrogens with zero attached hydrogens (tertiary/aromatic N) is 3. The second-order valence-electron chi connectivity index (χ2n) is 7.57. The lowest BCUT2D eigenvalue weighted by molar-refractivity contribution is -0.132. The minimum atomic E-state index is -0.307. The molecule has 154 valence electrons. The predicted molar refractivity (Wildman–Crippen MR) is 113 cm³/mol. The minimum Gasteiger partial charge on any atom is -0.392 e. The minimum absolute atomic E-state index is 0.0121. The number of carbonyl (C=O) groups is 2. The van der Waals surface area contributed by atoms with E-state index in [1.54, 1.807) is 11.9 Å². The molecule has 3 rings (SSSR count). The molecule has 1 aliphatic rings. The highest BCUT2D eigenvalue weighted by Crippen LogP contribution is 2.24. The van der Waals surface area contributed by atoms with Gasteiger partial charge in [0.15, 0.2) is 0 Å². The number of hydrogen-bond donors (Lipinski definition) is 1. The first-order valence-corrected chi connectivity index (χ1v) is 10.00. The van der Waals surface area contributed by atoms with Crippen molar-refractivity contribution >= 4 is 17.5 Å². The molecule has 29 heavy (non-hydrogen) atoms. The highest BCUT2D eigenvalue weighted by molar-refractivity contribution is 5.97. The number of carbonyl (C=O) groups excluding carboxylic acids is 2. The van der Waals surface area contributed by atoms with Gasteiger partial charge in [-0.05, 0) is 24.1 Å². The van der Waals surface area contributed by atoms with Gasteiger partial charge in [-0.25, -0.2) is 0 Å². The summed E-state index contributed by atoms with van der Waals surface area (Å²) in [5.74, 6) is -0.297. The van der Waals surface area contributed by atoms with Gasteiger partial charge in [-0.2, -0.15) is 0 Å². The lowest BCUT2D eigenvalue weighted by Gasteiger charge is -2.33. The number of anilines is 1. The van der Waals surface area contributed by atoms with Crippen LogP contribution in [0.5, 0.6) is 0 Å². The lowest BCUT2D eigenvalue weighted by Crippen LogP contribution is -2.44. The van der Waals surface area contributed by atoms with E-state index in [-0.39, 0.29) is 30.5 Å². The molecule has 0 aliphatic carbocycles. The van der Waals surface area contributed by atoms with Gasteiger partial charge in [-0.1, -0.05) is 48.5 Å². The van der Waals surface area contributed by atoms with Crippen LogP contribution in [0.15, 0.2) is 60.7 Å². The maximum atomic E-state index is 13.1. The maximum Gasteiger partial charge on any atom is 0.242 e. The first-order valence-electron chi connectivity index (χ1n) is 10.00. The Hall–Kier alpha value is -2.70. The largest absolute Gasteiger partial charge is 0.392 e. The van der Waals surface area contributed by atoms with E-state index < -0.39 is 0 Å². The van der Waals surface area contributed by atoms with Crippen LogP contribution in [-0.4, -0.2) is 66.1 Å². The summed E-state index contributed by atoms with van der Waals surface area (Å²) < 4.78 is 0. The highest BCUT2D eigenvalue weighted by Gasteiger charge is 2.29. The van der Waals surface area contributed by atoms with E-state index >= 15 is 0 Å². The van der Waals surface area contributed by atoms with Crippen LogP contribution in [0.4, 0.5) is 5.69 Å². The van der Waals surface area contributed by atoms with Crippen molar-refractivity contribution in [3.63, 3.8) is 0 Å². The molecule has 2 atom stereocenters. The summed E-state index contributed by atoms with van der Waals surface area (Å²) in [4.78, 5) is 30.7. The Bertz CT molecular complexity index is 813. The molecule has 6 nitrogen and oxygen atoms in total. The number of β-amino-alcohol motifs (C(OH)–C–C–N with tert-alkyl or cyclic N) is 1. The second kappa shape index (κ2) is 9.67. The van der Waals surface area contributed by atoms with Gasteiger partial charge in [-0.3, -0.25) is 14.5 Å². The Kier molecular flexibility index (Phi) is 7.01. The van der Waals surface area contributed by atoms with Crippen LogP contribution in [0.2, 0.25) is 0 Å². The fraction of sp³-hybridized carbons (Fsp3) is 0.391. The molecule has 1 heterocycles. The number of likely N-dealkylation sites (tertiary alicyclic amines) is 1. The molecule has 2 aromatic rings. The summed E-state index contributed by atoms with van der Waals surface area (Å²) >= 11 is 0. The van der Waals surface area contributed by atoms with Crippen LogP contribution < -0.4 is 4.90 Å². The maximum absolute atomic E-state index is 13.1. The second-order valence-corrected chi connectivity index (χ2v) is 7.57. The summed E-state index contributed by atoms with van der Waals surface area (Å²) in [7, 11) is 1.79. The van der Waals surface area contributed by atoms with Gasteiger partial charge in [0.25, 0.3) is 0 Å². The Morgan fingerprint density at radius 1 is 1.10 bits per heavy atom. The highest BCUT2D eigenvalue weighted by atomic mass is 16.3. The molecule has 6 heteroatoms. The molecule has 1 aliphatic heterocycles. The Balaban J connectivity index is 1.77. The zero-order valence-electron chi connectivity index (χ0n) is 17.1. The number of hydrogen-bond acceptors (Lipinski definition) is 4. The molecule has 2 amide bonds. The standard InChI is InChI=1S/C23H29N3O3/c1-18(27)26(20-11-7-4-8-12-20)17-23(29)24(2)22(19-9-5-3-6-10-19)16-25-14-13-21(28)15-25/h3-12,21-22,28H,13-17H2,1-2H3/t21-,22+/m0/s1. The summed E-state index contributed by atoms with van der Waals surface area (Å²) in [5, 5.41) is 9.87. The van der Waals surface area contributed by atoms with Crippen LogP contribution in [0.3, 0.4) is 0 Å². The van der Waals surface area contributed by atoms with Crippen molar-refractivity contribution < 1.29 is 14.7 Å². The van der Waals surface area contributed by atoms with E-state index in [9.17, 15) is 14.7 Å². The van der Waals surface area contributed by atoms with Gasteiger partial charge < -0.3 is 14.9 Å². The SMILES string of the molecule is CC(=O)N(CC(=O)N(C)[C@H](CN1CC[C@H](O)C1)c1ccccc1)c1ccccc1. The quantitative estimate of drug-likeness (QED) is 0.781. The molecule has 0 bridgehead atoms. The number of rotatable bonds is 7. The summed E-state index contributed by atoms with van der Waals surface area (Å²) in [5.41, 5.74) is 1.75. The summed E-state index contributed by atoms with van der Waals surface area (Å²) in [6, 6.07) is 19.0. The van der Waals surface area contributed by atoms with Crippen molar-refractivity contribution in [1.82, 2.24) is 9.80 Å². The predicted octanol–water partition coefficient (Wildman–Crippen LogP) is 2.31. The summed E-state index contributed by atoms with van der Waals surface area (Å²) in [6.45, 7) is 3.54. The zero-order chi connectivity index (χ0) is 20.8. The molecule has 2 aromatic carbocycles.